The minimum atomic E-state index is -3.86. The van der Waals surface area contributed by atoms with Crippen molar-refractivity contribution in [3.05, 3.63) is 46.4 Å². The van der Waals surface area contributed by atoms with Crippen LogP contribution in [0.3, 0.4) is 0 Å². The van der Waals surface area contributed by atoms with E-state index in [4.69, 9.17) is 49.0 Å². The monoisotopic (exact) mass is 496 g/mol. The van der Waals surface area contributed by atoms with Crippen molar-refractivity contribution in [2.45, 2.75) is 22.8 Å². The molecular weight excluding hydrogens is 475 g/mol. The number of ether oxygens (including phenoxy) is 3. The first-order chi connectivity index (χ1) is 14.2. The molecule has 0 aliphatic carbocycles. The second-order valence-corrected chi connectivity index (χ2v) is 9.75. The Morgan fingerprint density at radius 1 is 0.933 bits per heavy atom. The van der Waals surface area contributed by atoms with Crippen LogP contribution in [0, 0.1) is 5.92 Å². The summed E-state index contributed by atoms with van der Waals surface area (Å²) in [5.74, 6) is 1.20. The van der Waals surface area contributed by atoms with Gasteiger partial charge in [0.15, 0.2) is 0 Å². The van der Waals surface area contributed by atoms with E-state index in [1.54, 1.807) is 0 Å². The highest BCUT2D eigenvalue weighted by Gasteiger charge is 2.21. The molecule has 0 aliphatic heterocycles. The molecule has 1 N–H and O–H groups in total. The molecule has 0 heterocycles. The van der Waals surface area contributed by atoms with Crippen molar-refractivity contribution in [3.8, 4) is 11.5 Å². The van der Waals surface area contributed by atoms with Gasteiger partial charge in [-0.2, -0.15) is 0 Å². The van der Waals surface area contributed by atoms with Gasteiger partial charge >= 0.3 is 0 Å². The molecule has 0 aromatic heterocycles. The molecule has 0 unspecified atom stereocenters. The van der Waals surface area contributed by atoms with Crippen LogP contribution >= 0.6 is 34.8 Å². The number of aliphatic hydroxyl groups is 1. The summed E-state index contributed by atoms with van der Waals surface area (Å²) in [6.45, 7) is 2.36. The van der Waals surface area contributed by atoms with E-state index in [2.05, 4.69) is 0 Å². The molecule has 2 rings (SSSR count). The maximum atomic E-state index is 13.0. The van der Waals surface area contributed by atoms with E-state index < -0.39 is 15.9 Å². The number of rotatable bonds is 11. The lowest BCUT2D eigenvalue weighted by atomic mass is 10.2. The number of sulfone groups is 1. The van der Waals surface area contributed by atoms with Crippen LogP contribution < -0.4 is 9.47 Å². The molecule has 2 aromatic carbocycles. The smallest absolute Gasteiger partial charge is 0.206 e. The average Bonchev–Trinajstić information content (AvgIpc) is 2.71. The second kappa shape index (κ2) is 11.4. The number of hydrogen-bond acceptors (Lipinski definition) is 6. The molecule has 0 saturated heterocycles. The van der Waals surface area contributed by atoms with E-state index in [1.807, 2.05) is 6.92 Å². The summed E-state index contributed by atoms with van der Waals surface area (Å²) in [5.41, 5.74) is 0. The van der Waals surface area contributed by atoms with E-state index >= 15 is 0 Å². The van der Waals surface area contributed by atoms with Crippen LogP contribution in [0.4, 0.5) is 0 Å². The fourth-order valence-electron chi connectivity index (χ4n) is 2.37. The average molecular weight is 498 g/mol. The van der Waals surface area contributed by atoms with Crippen LogP contribution in [-0.4, -0.2) is 52.4 Å². The van der Waals surface area contributed by atoms with Gasteiger partial charge in [0.1, 0.15) is 24.2 Å². The van der Waals surface area contributed by atoms with Crippen molar-refractivity contribution in [2.75, 3.05) is 32.8 Å². The second-order valence-electron chi connectivity index (χ2n) is 6.68. The molecule has 6 nitrogen and oxygen atoms in total. The minimum absolute atomic E-state index is 0.00509. The SMILES string of the molecule is COC[C@@H](O)COc1ccc(S(=O)(=O)c2ccc(OC[C@H](C)CCl)c(Cl)c2)cc1Cl. The fourth-order valence-corrected chi connectivity index (χ4v) is 4.37. The molecule has 0 aliphatic rings. The number of methoxy groups -OCH3 is 1. The van der Waals surface area contributed by atoms with Gasteiger partial charge < -0.3 is 19.3 Å². The van der Waals surface area contributed by atoms with Crippen molar-refractivity contribution in [3.63, 3.8) is 0 Å². The van der Waals surface area contributed by atoms with E-state index in [-0.39, 0.29) is 44.7 Å². The molecular formula is C20H23Cl3O6S. The zero-order valence-electron chi connectivity index (χ0n) is 16.5. The molecule has 166 valence electrons. The van der Waals surface area contributed by atoms with Crippen molar-refractivity contribution in [1.82, 2.24) is 0 Å². The Hall–Kier alpha value is -1.22. The van der Waals surface area contributed by atoms with Crippen LogP contribution in [0.25, 0.3) is 0 Å². The first-order valence-electron chi connectivity index (χ1n) is 9.01. The Kier molecular flexibility index (Phi) is 9.53. The number of aliphatic hydroxyl groups excluding tert-OH is 1. The highest BCUT2D eigenvalue weighted by molar-refractivity contribution is 7.91. The van der Waals surface area contributed by atoms with Gasteiger partial charge in [-0.15, -0.1) is 11.6 Å². The molecule has 0 spiro atoms. The van der Waals surface area contributed by atoms with E-state index in [0.717, 1.165) is 0 Å². The lowest BCUT2D eigenvalue weighted by molar-refractivity contribution is 0.0325. The molecule has 0 fully saturated rings. The summed E-state index contributed by atoms with van der Waals surface area (Å²) >= 11 is 18.1. The van der Waals surface area contributed by atoms with Gasteiger partial charge in [0.25, 0.3) is 0 Å². The highest BCUT2D eigenvalue weighted by Crippen LogP contribution is 2.33. The van der Waals surface area contributed by atoms with Gasteiger partial charge in [0.05, 0.1) is 33.0 Å². The van der Waals surface area contributed by atoms with Crippen molar-refractivity contribution in [2.24, 2.45) is 5.92 Å². The van der Waals surface area contributed by atoms with Crippen LogP contribution in [0.1, 0.15) is 6.92 Å². The molecule has 0 bridgehead atoms. The third-order valence-corrected chi connectivity index (χ3v) is 6.87. The molecule has 10 heteroatoms. The summed E-state index contributed by atoms with van der Waals surface area (Å²) in [5, 5.41) is 9.92. The molecule has 2 aromatic rings. The molecule has 0 radical (unpaired) electrons. The summed E-state index contributed by atoms with van der Waals surface area (Å²) in [6, 6.07) is 8.35. The predicted octanol–water partition coefficient (Wildman–Crippen LogP) is 4.47. The number of halogens is 3. The summed E-state index contributed by atoms with van der Waals surface area (Å²) in [7, 11) is -2.40. The predicted molar refractivity (Wildman–Crippen MR) is 117 cm³/mol. The van der Waals surface area contributed by atoms with Gasteiger partial charge in [-0.05, 0) is 36.4 Å². The fraction of sp³-hybridized carbons (Fsp3) is 0.400. The number of hydrogen-bond donors (Lipinski definition) is 1. The zero-order chi connectivity index (χ0) is 22.3. The molecule has 2 atom stereocenters. The Morgan fingerprint density at radius 2 is 1.43 bits per heavy atom. The Morgan fingerprint density at radius 3 is 1.87 bits per heavy atom. The molecule has 0 saturated carbocycles. The zero-order valence-corrected chi connectivity index (χ0v) is 19.6. The lowest BCUT2D eigenvalue weighted by Crippen LogP contribution is -2.22. The summed E-state index contributed by atoms with van der Waals surface area (Å²) < 4.78 is 41.7. The highest BCUT2D eigenvalue weighted by atomic mass is 35.5. The molecule has 0 amide bonds. The van der Waals surface area contributed by atoms with Crippen LogP contribution in [-0.2, 0) is 14.6 Å². The maximum absolute atomic E-state index is 13.0. The normalized spacial score (nSPS) is 13.7. The lowest BCUT2D eigenvalue weighted by Gasteiger charge is -2.14. The van der Waals surface area contributed by atoms with Crippen LogP contribution in [0.15, 0.2) is 46.2 Å². The third kappa shape index (κ3) is 6.64. The van der Waals surface area contributed by atoms with E-state index in [0.29, 0.717) is 18.2 Å². The minimum Gasteiger partial charge on any atom is -0.492 e. The topological polar surface area (TPSA) is 82.1 Å². The number of alkyl halides is 1. The van der Waals surface area contributed by atoms with Crippen LogP contribution in [0.2, 0.25) is 10.0 Å². The Balaban J connectivity index is 2.18. The summed E-state index contributed by atoms with van der Waals surface area (Å²) in [6.07, 6.45) is -0.829. The van der Waals surface area contributed by atoms with Gasteiger partial charge in [-0.25, -0.2) is 8.42 Å². The van der Waals surface area contributed by atoms with Crippen molar-refractivity contribution in [1.29, 1.82) is 0 Å². The van der Waals surface area contributed by atoms with Gasteiger partial charge in [0.2, 0.25) is 9.84 Å². The van der Waals surface area contributed by atoms with E-state index in [9.17, 15) is 13.5 Å². The van der Waals surface area contributed by atoms with E-state index in [1.165, 1.54) is 43.5 Å². The quantitative estimate of drug-likeness (QED) is 0.461. The van der Waals surface area contributed by atoms with Gasteiger partial charge in [-0.1, -0.05) is 30.1 Å². The van der Waals surface area contributed by atoms with Crippen LogP contribution in [0.5, 0.6) is 11.5 Å². The standard InChI is InChI=1S/C20H23Cl3O6S/c1-13(9-21)10-28-19-5-3-15(7-17(19)22)30(25,26)16-4-6-20(18(23)8-16)29-12-14(24)11-27-2/h3-8,13-14,24H,9-12H2,1-2H3/t13-,14-/m1/s1. The first kappa shape index (κ1) is 25.0. The Labute approximate surface area is 191 Å². The third-order valence-electron chi connectivity index (χ3n) is 4.00. The van der Waals surface area contributed by atoms with Gasteiger partial charge in [-0.3, -0.25) is 0 Å². The maximum Gasteiger partial charge on any atom is 0.206 e. The van der Waals surface area contributed by atoms with Gasteiger partial charge in [0, 0.05) is 18.9 Å². The molecule has 30 heavy (non-hydrogen) atoms. The summed E-state index contributed by atoms with van der Waals surface area (Å²) in [4.78, 5) is -0.0109. The largest absolute Gasteiger partial charge is 0.492 e. The first-order valence-corrected chi connectivity index (χ1v) is 11.8. The Bertz CT molecular complexity index is 952. The number of benzene rings is 2. The van der Waals surface area contributed by atoms with Crippen molar-refractivity contribution >= 4 is 44.6 Å². The van der Waals surface area contributed by atoms with Crippen molar-refractivity contribution < 1.29 is 27.7 Å².